The third kappa shape index (κ3) is 8.12. The van der Waals surface area contributed by atoms with Crippen molar-refractivity contribution in [2.45, 2.75) is 46.6 Å². The second-order valence-corrected chi connectivity index (χ2v) is 6.17. The smallest absolute Gasteiger partial charge is 0.0438 e. The average Bonchev–Trinajstić information content (AvgIpc) is 2.15. The molecule has 0 amide bonds. The van der Waals surface area contributed by atoms with Crippen molar-refractivity contribution in [3.05, 3.63) is 0 Å². The van der Waals surface area contributed by atoms with Crippen molar-refractivity contribution in [1.29, 1.82) is 0 Å². The molecule has 2 nitrogen and oxygen atoms in total. The summed E-state index contributed by atoms with van der Waals surface area (Å²) >= 11 is 1.94. The SMILES string of the molecule is CCCNC(CSCCCO)C(C)(C)C. The van der Waals surface area contributed by atoms with E-state index < -0.39 is 0 Å². The first-order valence-corrected chi connectivity index (χ1v) is 7.09. The second-order valence-electron chi connectivity index (χ2n) is 5.02. The number of thioether (sulfide) groups is 1. The summed E-state index contributed by atoms with van der Waals surface area (Å²) < 4.78 is 0. The Labute approximate surface area is 99.2 Å². The fraction of sp³-hybridized carbons (Fsp3) is 1.00. The number of hydrogen-bond donors (Lipinski definition) is 2. The molecule has 0 fully saturated rings. The predicted octanol–water partition coefficient (Wildman–Crippen LogP) is 2.52. The van der Waals surface area contributed by atoms with Crippen molar-refractivity contribution in [3.63, 3.8) is 0 Å². The Hall–Kier alpha value is 0.270. The van der Waals surface area contributed by atoms with E-state index in [4.69, 9.17) is 5.11 Å². The lowest BCUT2D eigenvalue weighted by atomic mass is 9.88. The molecule has 0 rings (SSSR count). The summed E-state index contributed by atoms with van der Waals surface area (Å²) in [7, 11) is 0. The summed E-state index contributed by atoms with van der Waals surface area (Å²) in [5.41, 5.74) is 0.321. The molecule has 0 bridgehead atoms. The lowest BCUT2D eigenvalue weighted by molar-refractivity contribution is 0.290. The first kappa shape index (κ1) is 15.3. The van der Waals surface area contributed by atoms with E-state index in [-0.39, 0.29) is 0 Å². The van der Waals surface area contributed by atoms with E-state index in [0.29, 0.717) is 18.1 Å². The minimum atomic E-state index is 0.315. The summed E-state index contributed by atoms with van der Waals surface area (Å²) in [6, 6.07) is 0.571. The highest BCUT2D eigenvalue weighted by atomic mass is 32.2. The van der Waals surface area contributed by atoms with Crippen LogP contribution in [0.25, 0.3) is 0 Å². The van der Waals surface area contributed by atoms with Gasteiger partial charge in [0.25, 0.3) is 0 Å². The highest BCUT2D eigenvalue weighted by Crippen LogP contribution is 2.22. The maximum atomic E-state index is 8.70. The minimum absolute atomic E-state index is 0.315. The van der Waals surface area contributed by atoms with Crippen LogP contribution < -0.4 is 5.32 Å². The van der Waals surface area contributed by atoms with Crippen LogP contribution in [-0.2, 0) is 0 Å². The summed E-state index contributed by atoms with van der Waals surface area (Å²) in [5.74, 6) is 2.21. The highest BCUT2D eigenvalue weighted by molar-refractivity contribution is 7.99. The van der Waals surface area contributed by atoms with Crippen molar-refractivity contribution in [1.82, 2.24) is 5.32 Å². The molecule has 3 heteroatoms. The van der Waals surface area contributed by atoms with Gasteiger partial charge in [0, 0.05) is 18.4 Å². The number of hydrogen-bond acceptors (Lipinski definition) is 3. The molecule has 0 aromatic carbocycles. The zero-order chi connectivity index (χ0) is 11.7. The molecule has 0 aromatic rings. The van der Waals surface area contributed by atoms with Crippen LogP contribution in [-0.4, -0.2) is 35.8 Å². The third-order valence-corrected chi connectivity index (χ3v) is 3.56. The number of rotatable bonds is 8. The van der Waals surface area contributed by atoms with E-state index >= 15 is 0 Å². The summed E-state index contributed by atoms with van der Waals surface area (Å²) in [4.78, 5) is 0. The lowest BCUT2D eigenvalue weighted by Crippen LogP contribution is -2.42. The minimum Gasteiger partial charge on any atom is -0.396 e. The molecule has 1 unspecified atom stereocenters. The second kappa shape index (κ2) is 8.43. The standard InChI is InChI=1S/C12H27NOS/c1-5-7-13-11(12(2,3)4)10-15-9-6-8-14/h11,13-14H,5-10H2,1-4H3. The predicted molar refractivity (Wildman–Crippen MR) is 70.6 cm³/mol. The monoisotopic (exact) mass is 233 g/mol. The highest BCUT2D eigenvalue weighted by Gasteiger charge is 2.23. The van der Waals surface area contributed by atoms with E-state index in [9.17, 15) is 0 Å². The Morgan fingerprint density at radius 1 is 1.33 bits per heavy atom. The molecule has 0 aliphatic heterocycles. The van der Waals surface area contributed by atoms with E-state index in [1.807, 2.05) is 11.8 Å². The Bertz CT molecular complexity index is 145. The van der Waals surface area contributed by atoms with Crippen LogP contribution in [0.5, 0.6) is 0 Å². The van der Waals surface area contributed by atoms with Crippen LogP contribution in [0.1, 0.15) is 40.5 Å². The van der Waals surface area contributed by atoms with Gasteiger partial charge in [0.15, 0.2) is 0 Å². The average molecular weight is 233 g/mol. The van der Waals surface area contributed by atoms with Crippen molar-refractivity contribution in [2.75, 3.05) is 24.7 Å². The molecule has 15 heavy (non-hydrogen) atoms. The van der Waals surface area contributed by atoms with Crippen LogP contribution in [0.4, 0.5) is 0 Å². The molecule has 0 saturated heterocycles. The number of aliphatic hydroxyl groups excluding tert-OH is 1. The van der Waals surface area contributed by atoms with Gasteiger partial charge in [-0.1, -0.05) is 27.7 Å². The Morgan fingerprint density at radius 3 is 2.47 bits per heavy atom. The largest absolute Gasteiger partial charge is 0.396 e. The van der Waals surface area contributed by atoms with Gasteiger partial charge in [-0.3, -0.25) is 0 Å². The van der Waals surface area contributed by atoms with Crippen LogP contribution in [0.2, 0.25) is 0 Å². The van der Waals surface area contributed by atoms with Gasteiger partial charge >= 0.3 is 0 Å². The number of nitrogens with one attached hydrogen (secondary N) is 1. The van der Waals surface area contributed by atoms with E-state index in [2.05, 4.69) is 33.0 Å². The molecule has 92 valence electrons. The van der Waals surface area contributed by atoms with Crippen LogP contribution in [0.15, 0.2) is 0 Å². The van der Waals surface area contributed by atoms with E-state index in [0.717, 1.165) is 24.5 Å². The molecule has 0 saturated carbocycles. The van der Waals surface area contributed by atoms with Gasteiger partial charge in [-0.15, -0.1) is 0 Å². The zero-order valence-corrected chi connectivity index (χ0v) is 11.5. The fourth-order valence-electron chi connectivity index (χ4n) is 1.30. The molecule has 1 atom stereocenters. The molecular weight excluding hydrogens is 206 g/mol. The topological polar surface area (TPSA) is 32.3 Å². The van der Waals surface area contributed by atoms with Gasteiger partial charge in [-0.05, 0) is 30.6 Å². The van der Waals surface area contributed by atoms with Crippen molar-refractivity contribution >= 4 is 11.8 Å². The van der Waals surface area contributed by atoms with Gasteiger partial charge < -0.3 is 10.4 Å². The normalized spacial score (nSPS) is 14.2. The van der Waals surface area contributed by atoms with Gasteiger partial charge in [-0.2, -0.15) is 11.8 Å². The Balaban J connectivity index is 3.81. The van der Waals surface area contributed by atoms with E-state index in [1.165, 1.54) is 6.42 Å². The lowest BCUT2D eigenvalue weighted by Gasteiger charge is -2.31. The molecule has 0 radical (unpaired) electrons. The first-order valence-electron chi connectivity index (χ1n) is 5.94. The van der Waals surface area contributed by atoms with Gasteiger partial charge in [0.1, 0.15) is 0 Å². The summed E-state index contributed by atoms with van der Waals surface area (Å²) in [6.45, 7) is 10.5. The van der Waals surface area contributed by atoms with Gasteiger partial charge in [-0.25, -0.2) is 0 Å². The van der Waals surface area contributed by atoms with Crippen molar-refractivity contribution < 1.29 is 5.11 Å². The van der Waals surface area contributed by atoms with Crippen LogP contribution in [0.3, 0.4) is 0 Å². The van der Waals surface area contributed by atoms with Crippen LogP contribution >= 0.6 is 11.8 Å². The third-order valence-electron chi connectivity index (χ3n) is 2.42. The quantitative estimate of drug-likeness (QED) is 0.632. The molecule has 0 aliphatic rings. The first-order chi connectivity index (χ1) is 7.02. The summed E-state index contributed by atoms with van der Waals surface area (Å²) in [5, 5.41) is 12.3. The molecule has 0 heterocycles. The maximum absolute atomic E-state index is 8.70. The molecular formula is C12H27NOS. The van der Waals surface area contributed by atoms with Crippen molar-refractivity contribution in [3.8, 4) is 0 Å². The Kier molecular flexibility index (Phi) is 8.58. The zero-order valence-electron chi connectivity index (χ0n) is 10.7. The van der Waals surface area contributed by atoms with E-state index in [1.54, 1.807) is 0 Å². The molecule has 0 spiro atoms. The number of aliphatic hydroxyl groups is 1. The molecule has 0 aromatic heterocycles. The van der Waals surface area contributed by atoms with Gasteiger partial charge in [0.05, 0.1) is 0 Å². The van der Waals surface area contributed by atoms with Crippen LogP contribution in [0, 0.1) is 5.41 Å². The maximum Gasteiger partial charge on any atom is 0.0438 e. The Morgan fingerprint density at radius 2 is 2.00 bits per heavy atom. The van der Waals surface area contributed by atoms with Crippen molar-refractivity contribution in [2.24, 2.45) is 5.41 Å². The summed E-state index contributed by atoms with van der Waals surface area (Å²) in [6.07, 6.45) is 2.10. The molecule has 0 aliphatic carbocycles. The molecule has 2 N–H and O–H groups in total. The fourth-order valence-corrected chi connectivity index (χ4v) is 2.65. The van der Waals surface area contributed by atoms with Gasteiger partial charge in [0.2, 0.25) is 0 Å².